The minimum absolute atomic E-state index is 0.0571. The summed E-state index contributed by atoms with van der Waals surface area (Å²) < 4.78 is 5.57. The van der Waals surface area contributed by atoms with E-state index >= 15 is 0 Å². The first kappa shape index (κ1) is 24.8. The highest BCUT2D eigenvalue weighted by Crippen LogP contribution is 2.47. The van der Waals surface area contributed by atoms with Crippen molar-refractivity contribution in [3.8, 4) is 6.07 Å². The molecule has 35 heavy (non-hydrogen) atoms. The summed E-state index contributed by atoms with van der Waals surface area (Å²) in [4.78, 5) is 44.4. The third-order valence-corrected chi connectivity index (χ3v) is 6.70. The number of likely N-dealkylation sites (N-methyl/N-ethyl adjacent to an activating group) is 1. The molecule has 0 saturated carbocycles. The number of amides is 4. The maximum atomic E-state index is 14.1. The van der Waals surface area contributed by atoms with E-state index in [9.17, 15) is 19.6 Å². The predicted molar refractivity (Wildman–Crippen MR) is 132 cm³/mol. The number of hydrogen-bond acceptors (Lipinski definition) is 5. The van der Waals surface area contributed by atoms with E-state index in [0.29, 0.717) is 11.1 Å². The van der Waals surface area contributed by atoms with Crippen LogP contribution >= 0.6 is 23.2 Å². The van der Waals surface area contributed by atoms with Crippen LogP contribution < -0.4 is 4.90 Å². The molecule has 0 N–H and O–H groups in total. The number of anilines is 1. The third kappa shape index (κ3) is 4.30. The molecule has 2 saturated heterocycles. The zero-order chi connectivity index (χ0) is 25.7. The number of imide groups is 1. The Kier molecular flexibility index (Phi) is 6.20. The van der Waals surface area contributed by atoms with Gasteiger partial charge in [-0.05, 0) is 56.7 Å². The van der Waals surface area contributed by atoms with Crippen molar-refractivity contribution in [2.75, 3.05) is 25.0 Å². The summed E-state index contributed by atoms with van der Waals surface area (Å²) in [5.41, 5.74) is -0.703. The molecule has 2 aromatic carbocycles. The second-order valence-corrected chi connectivity index (χ2v) is 10.6. The van der Waals surface area contributed by atoms with E-state index in [-0.39, 0.29) is 28.8 Å². The lowest BCUT2D eigenvalue weighted by molar-refractivity contribution is -0.124. The number of likely N-dealkylation sites (tertiary alicyclic amines) is 1. The van der Waals surface area contributed by atoms with Gasteiger partial charge < -0.3 is 14.5 Å². The summed E-state index contributed by atoms with van der Waals surface area (Å²) in [6.07, 6.45) is -0.578. The van der Waals surface area contributed by atoms with Crippen LogP contribution in [0, 0.1) is 11.3 Å². The van der Waals surface area contributed by atoms with Crippen molar-refractivity contribution in [2.24, 2.45) is 0 Å². The van der Waals surface area contributed by atoms with Crippen LogP contribution in [0.5, 0.6) is 0 Å². The Balaban J connectivity index is 1.81. The van der Waals surface area contributed by atoms with Crippen LogP contribution in [0.1, 0.15) is 37.8 Å². The molecule has 0 radical (unpaired) electrons. The highest BCUT2D eigenvalue weighted by molar-refractivity contribution is 6.35. The molecule has 2 heterocycles. The molecule has 0 aliphatic carbocycles. The number of nitriles is 1. The number of carbonyl (C=O) groups is 3. The summed E-state index contributed by atoms with van der Waals surface area (Å²) in [5, 5.41) is 9.75. The van der Waals surface area contributed by atoms with Crippen molar-refractivity contribution >= 4 is 46.9 Å². The van der Waals surface area contributed by atoms with Gasteiger partial charge in [0.25, 0.3) is 5.91 Å². The molecule has 2 atom stereocenters. The number of carbonyl (C=O) groups excluding carboxylic acids is 3. The highest BCUT2D eigenvalue weighted by atomic mass is 35.5. The van der Waals surface area contributed by atoms with Gasteiger partial charge in [-0.25, -0.2) is 14.5 Å². The molecular formula is C25H24Cl2N4O4. The van der Waals surface area contributed by atoms with Gasteiger partial charge in [0.15, 0.2) is 0 Å². The summed E-state index contributed by atoms with van der Waals surface area (Å²) in [6.45, 7) is 5.37. The molecule has 4 amide bonds. The summed E-state index contributed by atoms with van der Waals surface area (Å²) in [7, 11) is 1.54. The number of ether oxygens (including phenoxy) is 1. The summed E-state index contributed by atoms with van der Waals surface area (Å²) in [5.74, 6) is -1.06. The number of benzene rings is 2. The molecular weight excluding hydrogens is 493 g/mol. The van der Waals surface area contributed by atoms with Crippen LogP contribution in [0.15, 0.2) is 42.5 Å². The third-order valence-electron chi connectivity index (χ3n) is 6.26. The Bertz CT molecular complexity index is 1230. The van der Waals surface area contributed by atoms with Gasteiger partial charge in [0, 0.05) is 29.6 Å². The highest BCUT2D eigenvalue weighted by Gasteiger charge is 2.65. The van der Waals surface area contributed by atoms with Crippen molar-refractivity contribution in [3.05, 3.63) is 63.6 Å². The monoisotopic (exact) mass is 516 g/mol. The number of hydrogen-bond donors (Lipinski definition) is 0. The Morgan fingerprint density at radius 1 is 1.11 bits per heavy atom. The fraction of sp³-hybridized carbons (Fsp3) is 0.360. The van der Waals surface area contributed by atoms with Crippen LogP contribution in [-0.4, -0.2) is 59.1 Å². The largest absolute Gasteiger partial charge is 0.444 e. The van der Waals surface area contributed by atoms with Crippen LogP contribution in [0.4, 0.5) is 15.3 Å². The van der Waals surface area contributed by atoms with Crippen LogP contribution in [-0.2, 0) is 9.53 Å². The second-order valence-electron chi connectivity index (χ2n) is 9.68. The standard InChI is InChI=1S/C25H24Cl2N4O4/c1-24(2,3)35-23(34)30-13-20(16-7-5-15(12-28)6-8-16)25(14-30)21(32)31(22(33)29(25)4)19-10-17(26)9-18(27)11-19/h5-11,20H,13-14H2,1-4H3/t20-,25+/m0/s1/i12+2. The Labute approximate surface area is 213 Å². The molecule has 1 spiro atoms. The van der Waals surface area contributed by atoms with Gasteiger partial charge in [-0.3, -0.25) is 4.79 Å². The maximum Gasteiger partial charge on any atom is 0.410 e. The van der Waals surface area contributed by atoms with Gasteiger partial charge in [0.05, 0.1) is 23.9 Å². The van der Waals surface area contributed by atoms with Crippen molar-refractivity contribution in [3.63, 3.8) is 0 Å². The molecule has 0 aromatic heterocycles. The molecule has 2 aliphatic heterocycles. The van der Waals surface area contributed by atoms with E-state index in [1.165, 1.54) is 28.0 Å². The van der Waals surface area contributed by atoms with Gasteiger partial charge in [0.2, 0.25) is 0 Å². The van der Waals surface area contributed by atoms with E-state index in [1.54, 1.807) is 52.1 Å². The fourth-order valence-corrected chi connectivity index (χ4v) is 5.19. The smallest absolute Gasteiger partial charge is 0.410 e. The molecule has 4 rings (SSSR count). The number of halogens is 2. The normalized spacial score (nSPS) is 22.2. The van der Waals surface area contributed by atoms with Crippen molar-refractivity contribution in [1.29, 1.82) is 5.26 Å². The van der Waals surface area contributed by atoms with E-state index in [2.05, 4.69) is 6.07 Å². The Morgan fingerprint density at radius 3 is 2.26 bits per heavy atom. The molecule has 8 nitrogen and oxygen atoms in total. The number of nitrogens with zero attached hydrogens (tertiary/aromatic N) is 4. The number of urea groups is 1. The first-order valence-corrected chi connectivity index (χ1v) is 11.7. The molecule has 0 bridgehead atoms. The van der Waals surface area contributed by atoms with Gasteiger partial charge in [-0.1, -0.05) is 35.3 Å². The van der Waals surface area contributed by atoms with Crippen LogP contribution in [0.3, 0.4) is 0 Å². The van der Waals surface area contributed by atoms with Crippen molar-refractivity contribution < 1.29 is 19.1 Å². The van der Waals surface area contributed by atoms with Crippen molar-refractivity contribution in [1.82, 2.24) is 9.80 Å². The zero-order valence-electron chi connectivity index (χ0n) is 19.7. The fourth-order valence-electron chi connectivity index (χ4n) is 4.67. The lowest BCUT2D eigenvalue weighted by atomic mass is 9.80. The van der Waals surface area contributed by atoms with E-state index in [4.69, 9.17) is 27.9 Å². The summed E-state index contributed by atoms with van der Waals surface area (Å²) >= 11 is 12.3. The number of rotatable bonds is 2. The minimum Gasteiger partial charge on any atom is -0.444 e. The van der Waals surface area contributed by atoms with Gasteiger partial charge in [0.1, 0.15) is 11.1 Å². The van der Waals surface area contributed by atoms with Crippen molar-refractivity contribution in [2.45, 2.75) is 37.8 Å². The van der Waals surface area contributed by atoms with E-state index in [0.717, 1.165) is 4.90 Å². The lowest BCUT2D eigenvalue weighted by Gasteiger charge is -2.33. The predicted octanol–water partition coefficient (Wildman–Crippen LogP) is 5.04. The second kappa shape index (κ2) is 8.74. The van der Waals surface area contributed by atoms with Gasteiger partial charge in [-0.15, -0.1) is 0 Å². The molecule has 2 fully saturated rings. The van der Waals surface area contributed by atoms with Gasteiger partial charge >= 0.3 is 12.1 Å². The quantitative estimate of drug-likeness (QED) is 0.521. The first-order valence-electron chi connectivity index (χ1n) is 10.9. The molecule has 2 aliphatic rings. The Hall–Kier alpha value is -3.28. The van der Waals surface area contributed by atoms with Crippen LogP contribution in [0.25, 0.3) is 0 Å². The van der Waals surface area contributed by atoms with Gasteiger partial charge in [-0.2, -0.15) is 5.26 Å². The molecule has 182 valence electrons. The average molecular weight is 517 g/mol. The van der Waals surface area contributed by atoms with E-state index < -0.39 is 35.1 Å². The molecule has 2 aromatic rings. The minimum atomic E-state index is -1.39. The maximum absolute atomic E-state index is 14.1. The topological polar surface area (TPSA) is 94.0 Å². The summed E-state index contributed by atoms with van der Waals surface area (Å²) in [6, 6.07) is 12.8. The average Bonchev–Trinajstić information content (AvgIpc) is 3.26. The lowest BCUT2D eigenvalue weighted by Crippen LogP contribution is -2.54. The zero-order valence-corrected chi connectivity index (χ0v) is 21.2. The SMILES string of the molecule is CN1C(=O)N(c2cc(Cl)cc(Cl)c2)C(=O)[C@]12CN(C(=O)OC(C)(C)C)C[C@H]2c1ccc([14C]#N)cc1. The first-order chi connectivity index (χ1) is 16.4. The molecule has 0 unspecified atom stereocenters. The van der Waals surface area contributed by atoms with E-state index in [1.807, 2.05) is 0 Å². The van der Waals surface area contributed by atoms with Crippen LogP contribution in [0.2, 0.25) is 10.0 Å². The molecule has 10 heteroatoms. The Morgan fingerprint density at radius 2 is 1.71 bits per heavy atom.